The van der Waals surface area contributed by atoms with Crippen LogP contribution < -0.4 is 5.32 Å². The van der Waals surface area contributed by atoms with Gasteiger partial charge in [0.05, 0.1) is 18.1 Å². The first-order valence-electron chi connectivity index (χ1n) is 6.97. The molecule has 0 aliphatic heterocycles. The molecule has 0 saturated heterocycles. The zero-order valence-electron chi connectivity index (χ0n) is 11.7. The van der Waals surface area contributed by atoms with Crippen molar-refractivity contribution in [3.05, 3.63) is 42.7 Å². The average molecular weight is 269 g/mol. The van der Waals surface area contributed by atoms with Crippen molar-refractivity contribution in [1.82, 2.24) is 9.97 Å². The summed E-state index contributed by atoms with van der Waals surface area (Å²) in [7, 11) is 0. The first-order valence-corrected chi connectivity index (χ1v) is 6.97. The zero-order chi connectivity index (χ0) is 14.2. The molecule has 0 unspecified atom stereocenters. The lowest BCUT2D eigenvalue weighted by Gasteiger charge is -2.05. The van der Waals surface area contributed by atoms with Crippen molar-refractivity contribution in [2.45, 2.75) is 32.6 Å². The molecule has 1 heterocycles. The van der Waals surface area contributed by atoms with E-state index in [0.717, 1.165) is 30.5 Å². The largest absolute Gasteiger partial charge is 0.309 e. The smallest absolute Gasteiger partial charge is 0.225 e. The van der Waals surface area contributed by atoms with Gasteiger partial charge in [-0.05, 0) is 6.42 Å². The van der Waals surface area contributed by atoms with E-state index in [1.165, 1.54) is 0 Å². The summed E-state index contributed by atoms with van der Waals surface area (Å²) in [5, 5.41) is 2.77. The second kappa shape index (κ2) is 7.38. The minimum atomic E-state index is 0.000195. The van der Waals surface area contributed by atoms with Crippen molar-refractivity contribution in [2.24, 2.45) is 0 Å². The van der Waals surface area contributed by atoms with Gasteiger partial charge in [-0.3, -0.25) is 9.78 Å². The number of amides is 1. The first-order chi connectivity index (χ1) is 9.79. The average Bonchev–Trinajstić information content (AvgIpc) is 2.49. The minimum absolute atomic E-state index is 0.000195. The van der Waals surface area contributed by atoms with E-state index in [-0.39, 0.29) is 5.91 Å². The number of rotatable bonds is 6. The van der Waals surface area contributed by atoms with Crippen LogP contribution in [0, 0.1) is 0 Å². The molecule has 1 amide bonds. The fraction of sp³-hybridized carbons (Fsp3) is 0.312. The van der Waals surface area contributed by atoms with Gasteiger partial charge in [0, 0.05) is 12.0 Å². The first kappa shape index (κ1) is 14.2. The van der Waals surface area contributed by atoms with Gasteiger partial charge in [-0.2, -0.15) is 0 Å². The van der Waals surface area contributed by atoms with Gasteiger partial charge in [-0.1, -0.05) is 50.1 Å². The third kappa shape index (κ3) is 4.16. The van der Waals surface area contributed by atoms with Crippen LogP contribution in [0.15, 0.2) is 42.7 Å². The highest BCUT2D eigenvalue weighted by Crippen LogP contribution is 2.15. The van der Waals surface area contributed by atoms with Gasteiger partial charge in [-0.25, -0.2) is 4.98 Å². The predicted octanol–water partition coefficient (Wildman–Crippen LogP) is 3.66. The van der Waals surface area contributed by atoms with Crippen molar-refractivity contribution in [1.29, 1.82) is 0 Å². The fourth-order valence-corrected chi connectivity index (χ4v) is 1.89. The summed E-state index contributed by atoms with van der Waals surface area (Å²) in [6.07, 6.45) is 6.91. The highest BCUT2D eigenvalue weighted by molar-refractivity contribution is 5.89. The van der Waals surface area contributed by atoms with Gasteiger partial charge < -0.3 is 5.32 Å². The fourth-order valence-electron chi connectivity index (χ4n) is 1.89. The van der Waals surface area contributed by atoms with E-state index in [0.29, 0.717) is 12.2 Å². The van der Waals surface area contributed by atoms with Crippen LogP contribution in [0.4, 0.5) is 5.82 Å². The van der Waals surface area contributed by atoms with Gasteiger partial charge in [0.25, 0.3) is 0 Å². The Balaban J connectivity index is 1.93. The maximum Gasteiger partial charge on any atom is 0.225 e. The molecule has 0 aliphatic carbocycles. The van der Waals surface area contributed by atoms with Crippen LogP contribution in [0.1, 0.15) is 32.6 Å². The van der Waals surface area contributed by atoms with E-state index < -0.39 is 0 Å². The lowest BCUT2D eigenvalue weighted by Crippen LogP contribution is -2.12. The molecule has 4 heteroatoms. The number of carbonyl (C=O) groups is 1. The minimum Gasteiger partial charge on any atom is -0.309 e. The molecular weight excluding hydrogens is 250 g/mol. The summed E-state index contributed by atoms with van der Waals surface area (Å²) in [5.74, 6) is 0.506. The monoisotopic (exact) mass is 269 g/mol. The summed E-state index contributed by atoms with van der Waals surface area (Å²) in [4.78, 5) is 20.2. The standard InChI is InChI=1S/C16H19N3O/c1-2-3-5-10-16(20)19-15-12-17-14(11-18-15)13-8-6-4-7-9-13/h4,6-9,11-12H,2-3,5,10H2,1H3,(H,18,19,20). The van der Waals surface area contributed by atoms with Crippen molar-refractivity contribution < 1.29 is 4.79 Å². The van der Waals surface area contributed by atoms with E-state index in [1.54, 1.807) is 12.4 Å². The van der Waals surface area contributed by atoms with Gasteiger partial charge in [0.1, 0.15) is 0 Å². The number of nitrogens with one attached hydrogen (secondary N) is 1. The van der Waals surface area contributed by atoms with E-state index >= 15 is 0 Å². The Hall–Kier alpha value is -2.23. The summed E-state index contributed by atoms with van der Waals surface area (Å²) in [6.45, 7) is 2.12. The third-order valence-corrected chi connectivity index (χ3v) is 3.00. The molecule has 20 heavy (non-hydrogen) atoms. The molecule has 0 atom stereocenters. The summed E-state index contributed by atoms with van der Waals surface area (Å²) >= 11 is 0. The molecular formula is C16H19N3O. The number of unbranched alkanes of at least 4 members (excludes halogenated alkanes) is 2. The summed E-state index contributed by atoms with van der Waals surface area (Å²) in [6, 6.07) is 9.84. The maximum atomic E-state index is 11.7. The molecule has 0 radical (unpaired) electrons. The van der Waals surface area contributed by atoms with E-state index in [2.05, 4.69) is 22.2 Å². The van der Waals surface area contributed by atoms with Crippen LogP contribution >= 0.6 is 0 Å². The summed E-state index contributed by atoms with van der Waals surface area (Å²) < 4.78 is 0. The predicted molar refractivity (Wildman–Crippen MR) is 80.2 cm³/mol. The Morgan fingerprint density at radius 1 is 1.10 bits per heavy atom. The molecule has 0 aliphatic rings. The van der Waals surface area contributed by atoms with E-state index in [1.807, 2.05) is 30.3 Å². The Morgan fingerprint density at radius 3 is 2.55 bits per heavy atom. The van der Waals surface area contributed by atoms with Crippen LogP contribution in [0.3, 0.4) is 0 Å². The number of anilines is 1. The summed E-state index contributed by atoms with van der Waals surface area (Å²) in [5.41, 5.74) is 1.82. The highest BCUT2D eigenvalue weighted by Gasteiger charge is 2.04. The normalized spacial score (nSPS) is 10.2. The second-order valence-electron chi connectivity index (χ2n) is 4.66. The molecule has 104 valence electrons. The van der Waals surface area contributed by atoms with Crippen LogP contribution in [0.25, 0.3) is 11.3 Å². The molecule has 0 bridgehead atoms. The number of nitrogens with zero attached hydrogens (tertiary/aromatic N) is 2. The van der Waals surface area contributed by atoms with Crippen LogP contribution in [-0.4, -0.2) is 15.9 Å². The van der Waals surface area contributed by atoms with Crippen molar-refractivity contribution in [2.75, 3.05) is 5.32 Å². The molecule has 1 N–H and O–H groups in total. The SMILES string of the molecule is CCCCCC(=O)Nc1cnc(-c2ccccc2)cn1. The Bertz CT molecular complexity index is 537. The lowest BCUT2D eigenvalue weighted by atomic mass is 10.2. The molecule has 2 aromatic rings. The third-order valence-electron chi connectivity index (χ3n) is 3.00. The van der Waals surface area contributed by atoms with Crippen molar-refractivity contribution >= 4 is 11.7 Å². The molecule has 2 rings (SSSR count). The topological polar surface area (TPSA) is 54.9 Å². The van der Waals surface area contributed by atoms with Crippen LogP contribution in [0.2, 0.25) is 0 Å². The molecule has 0 saturated carbocycles. The second-order valence-corrected chi connectivity index (χ2v) is 4.66. The van der Waals surface area contributed by atoms with Gasteiger partial charge in [0.2, 0.25) is 5.91 Å². The Morgan fingerprint density at radius 2 is 1.90 bits per heavy atom. The number of hydrogen-bond acceptors (Lipinski definition) is 3. The van der Waals surface area contributed by atoms with Crippen molar-refractivity contribution in [3.63, 3.8) is 0 Å². The quantitative estimate of drug-likeness (QED) is 0.814. The number of carbonyl (C=O) groups excluding carboxylic acids is 1. The van der Waals surface area contributed by atoms with Gasteiger partial charge >= 0.3 is 0 Å². The van der Waals surface area contributed by atoms with Crippen LogP contribution in [0.5, 0.6) is 0 Å². The molecule has 1 aromatic carbocycles. The molecule has 1 aromatic heterocycles. The Kier molecular flexibility index (Phi) is 5.24. The van der Waals surface area contributed by atoms with Crippen molar-refractivity contribution in [3.8, 4) is 11.3 Å². The van der Waals surface area contributed by atoms with Crippen LogP contribution in [-0.2, 0) is 4.79 Å². The molecule has 0 spiro atoms. The van der Waals surface area contributed by atoms with E-state index in [4.69, 9.17) is 0 Å². The maximum absolute atomic E-state index is 11.7. The molecule has 0 fully saturated rings. The lowest BCUT2D eigenvalue weighted by molar-refractivity contribution is -0.116. The highest BCUT2D eigenvalue weighted by atomic mass is 16.1. The Labute approximate surface area is 119 Å². The van der Waals surface area contributed by atoms with Gasteiger partial charge in [-0.15, -0.1) is 0 Å². The van der Waals surface area contributed by atoms with Gasteiger partial charge in [0.15, 0.2) is 5.82 Å². The molecule has 4 nitrogen and oxygen atoms in total. The van der Waals surface area contributed by atoms with E-state index in [9.17, 15) is 4.79 Å². The zero-order valence-corrected chi connectivity index (χ0v) is 11.7. The number of aromatic nitrogens is 2. The number of hydrogen-bond donors (Lipinski definition) is 1. The number of benzene rings is 1.